The van der Waals surface area contributed by atoms with E-state index in [4.69, 9.17) is 4.74 Å². The van der Waals surface area contributed by atoms with Crippen LogP contribution in [0.15, 0.2) is 67.3 Å². The highest BCUT2D eigenvalue weighted by Crippen LogP contribution is 2.26. The van der Waals surface area contributed by atoms with Crippen molar-refractivity contribution in [1.29, 1.82) is 0 Å². The maximum Gasteiger partial charge on any atom is 0.292 e. The van der Waals surface area contributed by atoms with E-state index in [1.807, 2.05) is 35.6 Å². The topological polar surface area (TPSA) is 63.2 Å². The molecule has 122 valence electrons. The number of anilines is 1. The van der Waals surface area contributed by atoms with Gasteiger partial charge in [0.15, 0.2) is 6.04 Å². The standard InChI is InChI=1S/C19H18N2O3/c1-2-12-20-17-13-18(22)21(19(17)23)14-8-10-16(11-9-14)24-15-6-4-3-5-7-15/h2-11,17,20H,1,12-13H2/p+1/t17-/m1/s1. The lowest BCUT2D eigenvalue weighted by atomic mass is 10.2. The van der Waals surface area contributed by atoms with Crippen LogP contribution in [0.1, 0.15) is 6.42 Å². The zero-order valence-electron chi connectivity index (χ0n) is 13.2. The number of nitrogens with zero attached hydrogens (tertiary/aromatic N) is 1. The number of nitrogens with two attached hydrogens (primary N) is 1. The Morgan fingerprint density at radius 3 is 2.42 bits per heavy atom. The number of amides is 2. The minimum Gasteiger partial charge on any atom is -0.457 e. The van der Waals surface area contributed by atoms with Crippen LogP contribution in [-0.2, 0) is 9.59 Å². The molecular formula is C19H19N2O3+. The molecule has 0 spiro atoms. The number of carbonyl (C=O) groups excluding carboxylic acids is 2. The normalized spacial score (nSPS) is 17.2. The largest absolute Gasteiger partial charge is 0.457 e. The Balaban J connectivity index is 1.72. The number of quaternary nitrogens is 1. The van der Waals surface area contributed by atoms with Gasteiger partial charge in [-0.1, -0.05) is 24.8 Å². The molecule has 3 rings (SSSR count). The Morgan fingerprint density at radius 2 is 1.75 bits per heavy atom. The van der Waals surface area contributed by atoms with Crippen molar-refractivity contribution >= 4 is 17.5 Å². The minimum atomic E-state index is -0.365. The molecule has 0 unspecified atom stereocenters. The second-order valence-corrected chi connectivity index (χ2v) is 5.55. The van der Waals surface area contributed by atoms with Crippen LogP contribution in [0, 0.1) is 0 Å². The number of hydrogen-bond donors (Lipinski definition) is 1. The second-order valence-electron chi connectivity index (χ2n) is 5.55. The van der Waals surface area contributed by atoms with Gasteiger partial charge >= 0.3 is 0 Å². The lowest BCUT2D eigenvalue weighted by Gasteiger charge is -2.14. The molecular weight excluding hydrogens is 304 g/mol. The van der Waals surface area contributed by atoms with Crippen molar-refractivity contribution in [2.45, 2.75) is 12.5 Å². The molecule has 2 N–H and O–H groups in total. The van der Waals surface area contributed by atoms with Gasteiger partial charge in [-0.2, -0.15) is 0 Å². The van der Waals surface area contributed by atoms with E-state index in [1.54, 1.807) is 30.3 Å². The van der Waals surface area contributed by atoms with E-state index in [-0.39, 0.29) is 24.3 Å². The average molecular weight is 323 g/mol. The van der Waals surface area contributed by atoms with Crippen molar-refractivity contribution in [1.82, 2.24) is 0 Å². The highest BCUT2D eigenvalue weighted by molar-refractivity contribution is 6.21. The van der Waals surface area contributed by atoms with Gasteiger partial charge in [0.05, 0.1) is 18.7 Å². The number of para-hydroxylation sites is 1. The molecule has 0 bridgehead atoms. The molecule has 1 fully saturated rings. The number of ether oxygens (including phenoxy) is 1. The summed E-state index contributed by atoms with van der Waals surface area (Å²) < 4.78 is 5.72. The summed E-state index contributed by atoms with van der Waals surface area (Å²) in [6.45, 7) is 4.24. The van der Waals surface area contributed by atoms with E-state index in [1.165, 1.54) is 4.90 Å². The van der Waals surface area contributed by atoms with Crippen molar-refractivity contribution in [3.05, 3.63) is 67.3 Å². The van der Waals surface area contributed by atoms with Crippen molar-refractivity contribution in [3.63, 3.8) is 0 Å². The molecule has 24 heavy (non-hydrogen) atoms. The van der Waals surface area contributed by atoms with Crippen LogP contribution in [0.3, 0.4) is 0 Å². The number of rotatable bonds is 6. The molecule has 1 saturated heterocycles. The fraction of sp³-hybridized carbons (Fsp3) is 0.158. The molecule has 0 aliphatic carbocycles. The Morgan fingerprint density at radius 1 is 1.08 bits per heavy atom. The summed E-state index contributed by atoms with van der Waals surface area (Å²) in [5.41, 5.74) is 0.569. The predicted octanol–water partition coefficient (Wildman–Crippen LogP) is 1.86. The van der Waals surface area contributed by atoms with Gasteiger partial charge in [-0.05, 0) is 42.5 Å². The second kappa shape index (κ2) is 7.10. The van der Waals surface area contributed by atoms with Crippen LogP contribution in [0.25, 0.3) is 0 Å². The first-order valence-electron chi connectivity index (χ1n) is 7.83. The van der Waals surface area contributed by atoms with Gasteiger partial charge in [0.1, 0.15) is 11.5 Å². The van der Waals surface area contributed by atoms with Crippen molar-refractivity contribution in [2.75, 3.05) is 11.4 Å². The van der Waals surface area contributed by atoms with E-state index >= 15 is 0 Å². The van der Waals surface area contributed by atoms with E-state index in [2.05, 4.69) is 6.58 Å². The van der Waals surface area contributed by atoms with Crippen molar-refractivity contribution in [2.24, 2.45) is 0 Å². The molecule has 2 aromatic rings. The SMILES string of the molecule is C=CC[NH2+][C@@H]1CC(=O)N(c2ccc(Oc3ccccc3)cc2)C1=O. The summed E-state index contributed by atoms with van der Waals surface area (Å²) in [4.78, 5) is 25.8. The van der Waals surface area contributed by atoms with Crippen molar-refractivity contribution < 1.29 is 19.6 Å². The van der Waals surface area contributed by atoms with Crippen LogP contribution in [-0.4, -0.2) is 24.4 Å². The van der Waals surface area contributed by atoms with E-state index in [9.17, 15) is 9.59 Å². The number of hydrogen-bond acceptors (Lipinski definition) is 3. The van der Waals surface area contributed by atoms with Gasteiger partial charge in [-0.3, -0.25) is 9.59 Å². The van der Waals surface area contributed by atoms with Crippen molar-refractivity contribution in [3.8, 4) is 11.5 Å². The smallest absolute Gasteiger partial charge is 0.292 e. The molecule has 2 amide bonds. The molecule has 0 radical (unpaired) electrons. The highest BCUT2D eigenvalue weighted by atomic mass is 16.5. The van der Waals surface area contributed by atoms with E-state index in [0.29, 0.717) is 18.0 Å². The van der Waals surface area contributed by atoms with Crippen LogP contribution >= 0.6 is 0 Å². The van der Waals surface area contributed by atoms with Crippen LogP contribution in [0.2, 0.25) is 0 Å². The lowest BCUT2D eigenvalue weighted by molar-refractivity contribution is -0.666. The molecule has 1 heterocycles. The zero-order valence-corrected chi connectivity index (χ0v) is 13.2. The quantitative estimate of drug-likeness (QED) is 0.652. The van der Waals surface area contributed by atoms with Gasteiger partial charge in [0, 0.05) is 0 Å². The van der Waals surface area contributed by atoms with Gasteiger partial charge in [-0.25, -0.2) is 4.90 Å². The summed E-state index contributed by atoms with van der Waals surface area (Å²) in [5, 5.41) is 1.83. The third-order valence-electron chi connectivity index (χ3n) is 3.84. The minimum absolute atomic E-state index is 0.179. The Hall–Kier alpha value is -2.92. The van der Waals surface area contributed by atoms with Gasteiger partial charge in [-0.15, -0.1) is 0 Å². The molecule has 1 aliphatic rings. The number of benzene rings is 2. The fourth-order valence-corrected chi connectivity index (χ4v) is 2.66. The summed E-state index contributed by atoms with van der Waals surface area (Å²) >= 11 is 0. The molecule has 2 aromatic carbocycles. The third kappa shape index (κ3) is 3.36. The highest BCUT2D eigenvalue weighted by Gasteiger charge is 2.41. The maximum atomic E-state index is 12.4. The molecule has 1 aliphatic heterocycles. The first kappa shape index (κ1) is 16.0. The first-order valence-corrected chi connectivity index (χ1v) is 7.83. The average Bonchev–Trinajstić information content (AvgIpc) is 2.89. The molecule has 0 saturated carbocycles. The Kier molecular flexibility index (Phi) is 4.72. The maximum absolute atomic E-state index is 12.4. The van der Waals surface area contributed by atoms with Crippen LogP contribution < -0.4 is 15.0 Å². The van der Waals surface area contributed by atoms with Gasteiger partial charge in [0.25, 0.3) is 5.91 Å². The monoisotopic (exact) mass is 323 g/mol. The molecule has 5 heteroatoms. The first-order chi connectivity index (χ1) is 11.7. The van der Waals surface area contributed by atoms with E-state index in [0.717, 1.165) is 5.75 Å². The Bertz CT molecular complexity index is 741. The van der Waals surface area contributed by atoms with Gasteiger partial charge in [0.2, 0.25) is 5.91 Å². The lowest BCUT2D eigenvalue weighted by Crippen LogP contribution is -2.91. The number of imide groups is 1. The summed E-state index contributed by atoms with van der Waals surface area (Å²) in [7, 11) is 0. The summed E-state index contributed by atoms with van der Waals surface area (Å²) in [6.07, 6.45) is 1.94. The summed E-state index contributed by atoms with van der Waals surface area (Å²) in [5.74, 6) is 1.03. The fourth-order valence-electron chi connectivity index (χ4n) is 2.66. The van der Waals surface area contributed by atoms with E-state index < -0.39 is 0 Å². The number of carbonyl (C=O) groups is 2. The Labute approximate surface area is 140 Å². The van der Waals surface area contributed by atoms with Gasteiger partial charge < -0.3 is 10.1 Å². The molecule has 1 atom stereocenters. The molecule has 5 nitrogen and oxygen atoms in total. The van der Waals surface area contributed by atoms with Crippen LogP contribution in [0.5, 0.6) is 11.5 Å². The zero-order chi connectivity index (χ0) is 16.9. The molecule has 0 aromatic heterocycles. The van der Waals surface area contributed by atoms with Crippen LogP contribution in [0.4, 0.5) is 5.69 Å². The predicted molar refractivity (Wildman–Crippen MR) is 90.8 cm³/mol. The third-order valence-corrected chi connectivity index (χ3v) is 3.84. The summed E-state index contributed by atoms with van der Waals surface area (Å²) in [6, 6.07) is 16.0.